The third-order valence-electron chi connectivity index (χ3n) is 5.32. The van der Waals surface area contributed by atoms with Crippen LogP contribution >= 0.6 is 0 Å². The minimum absolute atomic E-state index is 0.0556. The van der Waals surface area contributed by atoms with Crippen molar-refractivity contribution in [1.29, 1.82) is 0 Å². The van der Waals surface area contributed by atoms with Crippen molar-refractivity contribution in [2.75, 3.05) is 6.61 Å². The number of carbonyl (C=O) groups excluding carboxylic acids is 1. The summed E-state index contributed by atoms with van der Waals surface area (Å²) in [6.45, 7) is 6.36. The third kappa shape index (κ3) is 6.06. The van der Waals surface area contributed by atoms with Crippen LogP contribution in [0.2, 0.25) is 0 Å². The van der Waals surface area contributed by atoms with E-state index in [2.05, 4.69) is 11.3 Å². The molecule has 0 aromatic heterocycles. The fourth-order valence-corrected chi connectivity index (χ4v) is 3.73. The van der Waals surface area contributed by atoms with Crippen LogP contribution in [0.15, 0.2) is 48.4 Å². The maximum Gasteiger partial charge on any atom is 0.511 e. The molecule has 31 heavy (non-hydrogen) atoms. The van der Waals surface area contributed by atoms with Gasteiger partial charge in [-0.05, 0) is 43.9 Å². The van der Waals surface area contributed by atoms with E-state index in [0.29, 0.717) is 12.8 Å². The highest BCUT2D eigenvalue weighted by Gasteiger charge is 2.51. The Hall–Kier alpha value is -2.88. The Kier molecular flexibility index (Phi) is 8.61. The fourth-order valence-electron chi connectivity index (χ4n) is 3.73. The molecular formula is C22H29NO8. The first kappa shape index (κ1) is 24.4. The summed E-state index contributed by atoms with van der Waals surface area (Å²) in [4.78, 5) is 24.4. The van der Waals surface area contributed by atoms with E-state index < -0.39 is 37.0 Å². The van der Waals surface area contributed by atoms with Gasteiger partial charge in [-0.25, -0.2) is 9.59 Å². The number of nitrogens with zero attached hydrogens (tertiary/aromatic N) is 1. The molecule has 1 aromatic rings. The highest BCUT2D eigenvalue weighted by Crippen LogP contribution is 2.39. The third-order valence-corrected chi connectivity index (χ3v) is 5.32. The van der Waals surface area contributed by atoms with Gasteiger partial charge in [0, 0.05) is 12.0 Å². The molecule has 0 spiro atoms. The normalized spacial score (nSPS) is 21.8. The molecule has 1 aliphatic heterocycles. The van der Waals surface area contributed by atoms with Crippen LogP contribution in [0.3, 0.4) is 0 Å². The van der Waals surface area contributed by atoms with E-state index in [1.54, 1.807) is 6.92 Å². The maximum atomic E-state index is 12.4. The molecule has 4 N–H and O–H groups in total. The number of rotatable bonds is 10. The standard InChI is InChI=1S/C22H29NO8/c1-4-17(31-22(28)29)12-30-21(27)13(2)23-18(19(14(3)25)20(23)26)9-8-15-6-5-7-16(10-15)11-24/h4-7,10,14,18-20,24-26H,2,8-9,11-12H2,1,3H3,(H,28,29)/b17-4+. The molecule has 1 saturated heterocycles. The quantitative estimate of drug-likeness (QED) is 0.246. The number of allylic oxidation sites excluding steroid dienone is 1. The number of likely N-dealkylation sites (tertiary alicyclic amines) is 1. The number of aliphatic hydroxyl groups is 3. The van der Waals surface area contributed by atoms with Crippen LogP contribution in [-0.2, 0) is 27.3 Å². The van der Waals surface area contributed by atoms with E-state index in [4.69, 9.17) is 9.84 Å². The molecule has 4 atom stereocenters. The van der Waals surface area contributed by atoms with Gasteiger partial charge in [0.05, 0.1) is 12.7 Å². The first-order valence-electron chi connectivity index (χ1n) is 9.94. The van der Waals surface area contributed by atoms with Gasteiger partial charge in [-0.3, -0.25) is 0 Å². The molecule has 0 bridgehead atoms. The molecule has 9 nitrogen and oxygen atoms in total. The molecule has 170 valence electrons. The van der Waals surface area contributed by atoms with Gasteiger partial charge in [0.25, 0.3) is 0 Å². The van der Waals surface area contributed by atoms with E-state index in [1.807, 2.05) is 24.3 Å². The predicted octanol–water partition coefficient (Wildman–Crippen LogP) is 1.77. The second-order valence-corrected chi connectivity index (χ2v) is 7.37. The van der Waals surface area contributed by atoms with Crippen LogP contribution in [-0.4, -0.2) is 62.4 Å². The van der Waals surface area contributed by atoms with Crippen LogP contribution in [0, 0.1) is 5.92 Å². The summed E-state index contributed by atoms with van der Waals surface area (Å²) < 4.78 is 9.55. The molecular weight excluding hydrogens is 406 g/mol. The van der Waals surface area contributed by atoms with Crippen molar-refractivity contribution in [1.82, 2.24) is 4.90 Å². The van der Waals surface area contributed by atoms with Crippen LogP contribution in [0.4, 0.5) is 4.79 Å². The molecule has 4 unspecified atom stereocenters. The van der Waals surface area contributed by atoms with Gasteiger partial charge in [0.1, 0.15) is 24.3 Å². The smallest absolute Gasteiger partial charge is 0.453 e. The monoisotopic (exact) mass is 435 g/mol. The topological polar surface area (TPSA) is 137 Å². The summed E-state index contributed by atoms with van der Waals surface area (Å²) in [5, 5.41) is 38.5. The Morgan fingerprint density at radius 1 is 1.32 bits per heavy atom. The maximum absolute atomic E-state index is 12.4. The van der Waals surface area contributed by atoms with Gasteiger partial charge < -0.3 is 34.8 Å². The number of aryl methyl sites for hydroxylation is 1. The number of ether oxygens (including phenoxy) is 2. The fraction of sp³-hybridized carbons (Fsp3) is 0.455. The van der Waals surface area contributed by atoms with Crippen molar-refractivity contribution in [3.8, 4) is 0 Å². The minimum Gasteiger partial charge on any atom is -0.453 e. The lowest BCUT2D eigenvalue weighted by Gasteiger charge is -2.55. The molecule has 0 aliphatic carbocycles. The number of aliphatic hydroxyl groups excluding tert-OH is 3. The van der Waals surface area contributed by atoms with Crippen LogP contribution in [0.5, 0.6) is 0 Å². The van der Waals surface area contributed by atoms with E-state index in [9.17, 15) is 24.9 Å². The summed E-state index contributed by atoms with van der Waals surface area (Å²) in [6.07, 6.45) is -0.951. The number of carboxylic acid groups (broad SMARTS) is 1. The molecule has 1 heterocycles. The molecule has 1 aromatic carbocycles. The second-order valence-electron chi connectivity index (χ2n) is 7.37. The summed E-state index contributed by atoms with van der Waals surface area (Å²) in [5.41, 5.74) is 1.67. The number of carbonyl (C=O) groups is 2. The highest BCUT2D eigenvalue weighted by molar-refractivity contribution is 5.87. The van der Waals surface area contributed by atoms with E-state index in [0.717, 1.165) is 11.1 Å². The number of hydrogen-bond donors (Lipinski definition) is 4. The lowest BCUT2D eigenvalue weighted by Crippen LogP contribution is -2.67. The van der Waals surface area contributed by atoms with Crippen molar-refractivity contribution in [3.63, 3.8) is 0 Å². The van der Waals surface area contributed by atoms with Gasteiger partial charge in [-0.15, -0.1) is 0 Å². The summed E-state index contributed by atoms with van der Waals surface area (Å²) in [7, 11) is 0. The average Bonchev–Trinajstić information content (AvgIpc) is 2.72. The zero-order valence-corrected chi connectivity index (χ0v) is 17.6. The first-order chi connectivity index (χ1) is 14.7. The Morgan fingerprint density at radius 3 is 2.58 bits per heavy atom. The predicted molar refractivity (Wildman–Crippen MR) is 110 cm³/mol. The summed E-state index contributed by atoms with van der Waals surface area (Å²) >= 11 is 0. The second kappa shape index (κ2) is 10.9. The SMILES string of the molecule is C=C(C(=O)OC/C(=C\C)OC(=O)O)N1C(O)C(C(C)O)C1CCc1cccc(CO)c1. The van der Waals surface area contributed by atoms with Crippen molar-refractivity contribution >= 4 is 12.1 Å². The Morgan fingerprint density at radius 2 is 2.00 bits per heavy atom. The first-order valence-corrected chi connectivity index (χ1v) is 9.94. The number of hydrogen-bond acceptors (Lipinski definition) is 8. The molecule has 9 heteroatoms. The van der Waals surface area contributed by atoms with Crippen molar-refractivity contribution in [2.24, 2.45) is 5.92 Å². The van der Waals surface area contributed by atoms with Crippen molar-refractivity contribution < 1.29 is 39.5 Å². The van der Waals surface area contributed by atoms with Crippen LogP contribution in [0.25, 0.3) is 0 Å². The summed E-state index contributed by atoms with van der Waals surface area (Å²) in [6, 6.07) is 7.09. The average molecular weight is 435 g/mol. The molecule has 0 saturated carbocycles. The largest absolute Gasteiger partial charge is 0.511 e. The van der Waals surface area contributed by atoms with Gasteiger partial charge in [0.15, 0.2) is 0 Å². The van der Waals surface area contributed by atoms with E-state index in [-0.39, 0.29) is 24.1 Å². The van der Waals surface area contributed by atoms with Gasteiger partial charge in [-0.2, -0.15) is 0 Å². The molecule has 2 rings (SSSR count). The zero-order valence-electron chi connectivity index (χ0n) is 17.6. The Balaban J connectivity index is 2.04. The molecule has 1 aliphatic rings. The van der Waals surface area contributed by atoms with Crippen LogP contribution in [0.1, 0.15) is 31.4 Å². The molecule has 1 fully saturated rings. The zero-order chi connectivity index (χ0) is 23.1. The van der Waals surface area contributed by atoms with E-state index in [1.165, 1.54) is 17.9 Å². The minimum atomic E-state index is -1.52. The lowest BCUT2D eigenvalue weighted by atomic mass is 9.78. The van der Waals surface area contributed by atoms with Gasteiger partial charge >= 0.3 is 12.1 Å². The molecule has 0 radical (unpaired) electrons. The number of esters is 1. The highest BCUT2D eigenvalue weighted by atomic mass is 16.7. The van der Waals surface area contributed by atoms with Crippen molar-refractivity contribution in [2.45, 2.75) is 51.7 Å². The number of benzene rings is 1. The van der Waals surface area contributed by atoms with E-state index >= 15 is 0 Å². The lowest BCUT2D eigenvalue weighted by molar-refractivity contribution is -0.195. The van der Waals surface area contributed by atoms with Gasteiger partial charge in [-0.1, -0.05) is 30.8 Å². The Labute approximate surface area is 180 Å². The van der Waals surface area contributed by atoms with Crippen LogP contribution < -0.4 is 0 Å². The molecule has 0 amide bonds. The Bertz CT molecular complexity index is 835. The summed E-state index contributed by atoms with van der Waals surface area (Å²) in [5.74, 6) is -1.37. The van der Waals surface area contributed by atoms with Crippen molar-refractivity contribution in [3.05, 3.63) is 59.5 Å². The van der Waals surface area contributed by atoms with Gasteiger partial charge in [0.2, 0.25) is 0 Å².